The summed E-state index contributed by atoms with van der Waals surface area (Å²) in [5.41, 5.74) is 5.39. The molecule has 2 aromatic rings. The molecule has 60 valence electrons. The smallest absolute Gasteiger partial charge is 0.174 e. The van der Waals surface area contributed by atoms with E-state index in [1.54, 1.807) is 12.3 Å². The van der Waals surface area contributed by atoms with E-state index in [-0.39, 0.29) is 0 Å². The van der Waals surface area contributed by atoms with Crippen LogP contribution in [0, 0.1) is 0 Å². The van der Waals surface area contributed by atoms with Crippen molar-refractivity contribution in [1.29, 1.82) is 0 Å². The number of nitrogen functional groups attached to an aromatic ring is 1. The van der Waals surface area contributed by atoms with Crippen LogP contribution in [0.4, 0.5) is 5.82 Å². The van der Waals surface area contributed by atoms with Crippen LogP contribution in [0.2, 0.25) is 0 Å². The van der Waals surface area contributed by atoms with Gasteiger partial charge in [0.25, 0.3) is 0 Å². The number of rotatable bonds is 1. The second kappa shape index (κ2) is 2.61. The summed E-state index contributed by atoms with van der Waals surface area (Å²) in [6, 6.07) is 5.50. The largest absolute Gasteiger partial charge is 0.381 e. The maximum atomic E-state index is 5.39. The summed E-state index contributed by atoms with van der Waals surface area (Å²) in [6.45, 7) is 0. The van der Waals surface area contributed by atoms with Gasteiger partial charge in [-0.3, -0.25) is 0 Å². The number of hydrogen-bond acceptors (Lipinski definition) is 4. The molecule has 0 aliphatic heterocycles. The van der Waals surface area contributed by atoms with Gasteiger partial charge < -0.3 is 5.73 Å². The normalized spacial score (nSPS) is 10.0. The molecule has 0 aliphatic carbocycles. The molecule has 0 saturated carbocycles. The first-order valence-electron chi connectivity index (χ1n) is 3.45. The molecule has 2 N–H and O–H groups in total. The first-order valence-corrected chi connectivity index (χ1v) is 3.45. The van der Waals surface area contributed by atoms with Gasteiger partial charge in [0.15, 0.2) is 11.6 Å². The lowest BCUT2D eigenvalue weighted by atomic mass is 10.5. The Kier molecular flexibility index (Phi) is 1.48. The predicted molar refractivity (Wildman–Crippen MR) is 43.6 cm³/mol. The molecule has 0 saturated heterocycles. The topological polar surface area (TPSA) is 69.6 Å². The van der Waals surface area contributed by atoms with Crippen molar-refractivity contribution in [2.24, 2.45) is 0 Å². The summed E-state index contributed by atoms with van der Waals surface area (Å²) >= 11 is 0. The van der Waals surface area contributed by atoms with Crippen molar-refractivity contribution in [3.8, 4) is 5.82 Å². The Morgan fingerprint density at radius 3 is 2.83 bits per heavy atom. The van der Waals surface area contributed by atoms with Crippen molar-refractivity contribution in [3.63, 3.8) is 0 Å². The molecule has 2 rings (SSSR count). The van der Waals surface area contributed by atoms with Crippen LogP contribution in [0.5, 0.6) is 0 Å². The predicted octanol–water partition coefficient (Wildman–Crippen LogP) is 0.244. The molecule has 2 heterocycles. The number of nitrogens with zero attached hydrogens (tertiary/aromatic N) is 4. The number of nitrogens with two attached hydrogens (primary N) is 1. The second-order valence-electron chi connectivity index (χ2n) is 2.25. The van der Waals surface area contributed by atoms with Crippen LogP contribution in [-0.4, -0.2) is 20.0 Å². The van der Waals surface area contributed by atoms with Gasteiger partial charge in [-0.2, -0.15) is 5.10 Å². The Labute approximate surface area is 68.8 Å². The highest BCUT2D eigenvalue weighted by atomic mass is 15.5. The average Bonchev–Trinajstić information content (AvgIpc) is 2.54. The van der Waals surface area contributed by atoms with Gasteiger partial charge in [-0.1, -0.05) is 6.07 Å². The van der Waals surface area contributed by atoms with Gasteiger partial charge in [0.1, 0.15) is 0 Å². The van der Waals surface area contributed by atoms with Crippen molar-refractivity contribution < 1.29 is 0 Å². The van der Waals surface area contributed by atoms with E-state index in [2.05, 4.69) is 15.2 Å². The van der Waals surface area contributed by atoms with Crippen LogP contribution in [-0.2, 0) is 0 Å². The Hall–Kier alpha value is -1.91. The molecular weight excluding hydrogens is 154 g/mol. The molecule has 0 unspecified atom stereocenters. The third-order valence-corrected chi connectivity index (χ3v) is 1.36. The summed E-state index contributed by atoms with van der Waals surface area (Å²) in [5, 5.41) is 7.81. The van der Waals surface area contributed by atoms with E-state index in [0.717, 1.165) is 0 Å². The van der Waals surface area contributed by atoms with E-state index >= 15 is 0 Å². The van der Waals surface area contributed by atoms with Crippen molar-refractivity contribution in [2.75, 3.05) is 5.73 Å². The molecule has 0 aliphatic rings. The lowest BCUT2D eigenvalue weighted by Gasteiger charge is -1.94. The fraction of sp³-hybridized carbons (Fsp3) is 0. The first kappa shape index (κ1) is 6.78. The maximum Gasteiger partial charge on any atom is 0.174 e. The molecule has 0 aromatic carbocycles. The Morgan fingerprint density at radius 2 is 2.25 bits per heavy atom. The van der Waals surface area contributed by atoms with Gasteiger partial charge in [-0.15, -0.1) is 9.90 Å². The van der Waals surface area contributed by atoms with E-state index in [1.165, 1.54) is 11.0 Å². The lowest BCUT2D eigenvalue weighted by Crippen LogP contribution is -2.01. The Morgan fingerprint density at radius 1 is 1.33 bits per heavy atom. The molecule has 5 heteroatoms. The summed E-state index contributed by atoms with van der Waals surface area (Å²) in [5.74, 6) is 1.05. The van der Waals surface area contributed by atoms with E-state index in [0.29, 0.717) is 11.6 Å². The molecule has 2 aromatic heterocycles. The third-order valence-electron chi connectivity index (χ3n) is 1.36. The molecule has 5 nitrogen and oxygen atoms in total. The SMILES string of the molecule is Nc1cnn(-c2ccccn2)n1. The summed E-state index contributed by atoms with van der Waals surface area (Å²) in [4.78, 5) is 5.43. The average molecular weight is 161 g/mol. The second-order valence-corrected chi connectivity index (χ2v) is 2.25. The van der Waals surface area contributed by atoms with Gasteiger partial charge in [0, 0.05) is 6.20 Å². The Bertz CT molecular complexity index is 366. The van der Waals surface area contributed by atoms with E-state index < -0.39 is 0 Å². The molecule has 0 spiro atoms. The highest BCUT2D eigenvalue weighted by Gasteiger charge is 1.98. The van der Waals surface area contributed by atoms with Crippen LogP contribution in [0.15, 0.2) is 30.6 Å². The zero-order valence-corrected chi connectivity index (χ0v) is 6.25. The van der Waals surface area contributed by atoms with Gasteiger partial charge in [0.05, 0.1) is 6.20 Å². The molecular formula is C7H7N5. The Balaban J connectivity index is 2.45. The molecule has 0 radical (unpaired) electrons. The van der Waals surface area contributed by atoms with Crippen LogP contribution >= 0.6 is 0 Å². The van der Waals surface area contributed by atoms with E-state index in [4.69, 9.17) is 5.73 Å². The number of hydrogen-bond donors (Lipinski definition) is 1. The van der Waals surface area contributed by atoms with E-state index in [9.17, 15) is 0 Å². The standard InChI is InChI=1S/C7H7N5/c8-6-5-10-12(11-6)7-3-1-2-4-9-7/h1-5H,(H2,8,11). The summed E-state index contributed by atoms with van der Waals surface area (Å²) in [6.07, 6.45) is 3.16. The minimum absolute atomic E-state index is 0.389. The minimum Gasteiger partial charge on any atom is -0.381 e. The molecule has 12 heavy (non-hydrogen) atoms. The van der Waals surface area contributed by atoms with Crippen molar-refractivity contribution >= 4 is 5.82 Å². The van der Waals surface area contributed by atoms with Crippen LogP contribution in [0.25, 0.3) is 5.82 Å². The highest BCUT2D eigenvalue weighted by Crippen LogP contribution is 2.00. The van der Waals surface area contributed by atoms with Gasteiger partial charge >= 0.3 is 0 Å². The number of pyridine rings is 1. The maximum absolute atomic E-state index is 5.39. The van der Waals surface area contributed by atoms with Crippen LogP contribution in [0.3, 0.4) is 0 Å². The highest BCUT2D eigenvalue weighted by molar-refractivity contribution is 5.24. The summed E-state index contributed by atoms with van der Waals surface area (Å²) < 4.78 is 0. The summed E-state index contributed by atoms with van der Waals surface area (Å²) in [7, 11) is 0. The zero-order valence-electron chi connectivity index (χ0n) is 6.25. The lowest BCUT2D eigenvalue weighted by molar-refractivity contribution is 0.731. The van der Waals surface area contributed by atoms with Crippen LogP contribution < -0.4 is 5.73 Å². The first-order chi connectivity index (χ1) is 5.86. The monoisotopic (exact) mass is 161 g/mol. The van der Waals surface area contributed by atoms with E-state index in [1.807, 2.05) is 12.1 Å². The van der Waals surface area contributed by atoms with Crippen LogP contribution in [0.1, 0.15) is 0 Å². The quantitative estimate of drug-likeness (QED) is 0.650. The zero-order chi connectivity index (χ0) is 8.39. The van der Waals surface area contributed by atoms with Gasteiger partial charge in [-0.05, 0) is 12.1 Å². The minimum atomic E-state index is 0.389. The fourth-order valence-electron chi connectivity index (χ4n) is 0.857. The molecule has 0 amide bonds. The van der Waals surface area contributed by atoms with Gasteiger partial charge in [-0.25, -0.2) is 4.98 Å². The van der Waals surface area contributed by atoms with Gasteiger partial charge in [0.2, 0.25) is 0 Å². The van der Waals surface area contributed by atoms with Crippen molar-refractivity contribution in [1.82, 2.24) is 20.0 Å². The fourth-order valence-corrected chi connectivity index (χ4v) is 0.857. The number of anilines is 1. The van der Waals surface area contributed by atoms with Crippen molar-refractivity contribution in [2.45, 2.75) is 0 Å². The number of aromatic nitrogens is 4. The molecule has 0 fully saturated rings. The molecule has 0 bridgehead atoms. The molecule has 0 atom stereocenters. The third kappa shape index (κ3) is 1.12. The van der Waals surface area contributed by atoms with Crippen molar-refractivity contribution in [3.05, 3.63) is 30.6 Å².